The number of nitrogens with zero attached hydrogens (tertiary/aromatic N) is 1. The molecule has 116 valence electrons. The van der Waals surface area contributed by atoms with Crippen LogP contribution in [0.1, 0.15) is 26.7 Å². The van der Waals surface area contributed by atoms with Gasteiger partial charge in [0.1, 0.15) is 0 Å². The Bertz CT molecular complexity index is 173. The molecule has 0 saturated carbocycles. The molecule has 0 aromatic rings. The maximum Gasteiger partial charge on any atom is 0.0701 e. The van der Waals surface area contributed by atoms with Gasteiger partial charge in [0.25, 0.3) is 0 Å². The first-order valence-electron chi connectivity index (χ1n) is 7.36. The van der Waals surface area contributed by atoms with Crippen LogP contribution in [0.5, 0.6) is 0 Å². The van der Waals surface area contributed by atoms with E-state index in [2.05, 4.69) is 18.7 Å². The third-order valence-electron chi connectivity index (χ3n) is 2.79. The van der Waals surface area contributed by atoms with E-state index >= 15 is 0 Å². The van der Waals surface area contributed by atoms with Gasteiger partial charge in [-0.25, -0.2) is 0 Å². The Balaban J connectivity index is 3.09. The van der Waals surface area contributed by atoms with Gasteiger partial charge in [-0.2, -0.15) is 0 Å². The van der Waals surface area contributed by atoms with Crippen molar-refractivity contribution in [2.24, 2.45) is 0 Å². The highest BCUT2D eigenvalue weighted by Gasteiger charge is 2.00. The third kappa shape index (κ3) is 14.4. The van der Waals surface area contributed by atoms with E-state index in [1.165, 1.54) is 6.42 Å². The molecule has 0 atom stereocenters. The zero-order valence-electron chi connectivity index (χ0n) is 12.5. The number of unbranched alkanes of at least 4 members (excludes halogenated alkanes) is 1. The van der Waals surface area contributed by atoms with Crippen molar-refractivity contribution in [1.82, 2.24) is 4.90 Å². The van der Waals surface area contributed by atoms with Crippen LogP contribution in [-0.2, 0) is 14.2 Å². The van der Waals surface area contributed by atoms with Crippen LogP contribution in [0.3, 0.4) is 0 Å². The molecular formula is C14H30ClNO3. The van der Waals surface area contributed by atoms with Gasteiger partial charge in [0.15, 0.2) is 0 Å². The molecule has 0 aliphatic carbocycles. The fraction of sp³-hybridized carbons (Fsp3) is 1.00. The summed E-state index contributed by atoms with van der Waals surface area (Å²) >= 11 is 5.70. The SMILES string of the molecule is CCCCOCCOCCOCCN(CC)CCCl. The molecule has 4 nitrogen and oxygen atoms in total. The number of rotatable bonds is 15. The Morgan fingerprint density at radius 1 is 0.789 bits per heavy atom. The third-order valence-corrected chi connectivity index (χ3v) is 2.96. The van der Waals surface area contributed by atoms with Gasteiger partial charge in [0.2, 0.25) is 0 Å². The Kier molecular flexibility index (Phi) is 16.3. The van der Waals surface area contributed by atoms with Crippen LogP contribution in [0, 0.1) is 0 Å². The monoisotopic (exact) mass is 295 g/mol. The largest absolute Gasteiger partial charge is 0.379 e. The van der Waals surface area contributed by atoms with Gasteiger partial charge < -0.3 is 19.1 Å². The lowest BCUT2D eigenvalue weighted by Crippen LogP contribution is -2.29. The van der Waals surface area contributed by atoms with Gasteiger partial charge in [0.05, 0.1) is 33.0 Å². The maximum absolute atomic E-state index is 5.70. The van der Waals surface area contributed by atoms with Gasteiger partial charge in [-0.3, -0.25) is 0 Å². The molecule has 0 aliphatic rings. The van der Waals surface area contributed by atoms with Crippen LogP contribution in [0.25, 0.3) is 0 Å². The molecule has 0 amide bonds. The summed E-state index contributed by atoms with van der Waals surface area (Å²) in [6, 6.07) is 0. The van der Waals surface area contributed by atoms with Crippen LogP contribution >= 0.6 is 11.6 Å². The molecule has 0 aliphatic heterocycles. The second-order valence-electron chi connectivity index (χ2n) is 4.31. The second-order valence-corrected chi connectivity index (χ2v) is 4.69. The first kappa shape index (κ1) is 19.1. The summed E-state index contributed by atoms with van der Waals surface area (Å²) in [7, 11) is 0. The number of ether oxygens (including phenoxy) is 3. The Morgan fingerprint density at radius 3 is 1.89 bits per heavy atom. The van der Waals surface area contributed by atoms with E-state index in [0.717, 1.165) is 39.3 Å². The minimum atomic E-state index is 0.638. The zero-order chi connectivity index (χ0) is 14.2. The van der Waals surface area contributed by atoms with E-state index in [0.29, 0.717) is 32.3 Å². The van der Waals surface area contributed by atoms with Gasteiger partial charge in [-0.05, 0) is 13.0 Å². The highest BCUT2D eigenvalue weighted by molar-refractivity contribution is 6.18. The summed E-state index contributed by atoms with van der Waals surface area (Å²) in [5, 5.41) is 0. The zero-order valence-corrected chi connectivity index (χ0v) is 13.3. The van der Waals surface area contributed by atoms with Crippen molar-refractivity contribution in [2.45, 2.75) is 26.7 Å². The van der Waals surface area contributed by atoms with Gasteiger partial charge in [-0.1, -0.05) is 20.3 Å². The predicted octanol–water partition coefficient (Wildman–Crippen LogP) is 2.40. The molecule has 0 aromatic carbocycles. The number of halogens is 1. The van der Waals surface area contributed by atoms with Crippen molar-refractivity contribution in [1.29, 1.82) is 0 Å². The summed E-state index contributed by atoms with van der Waals surface area (Å²) in [6.07, 6.45) is 2.30. The number of likely N-dealkylation sites (N-methyl/N-ethyl adjacent to an activating group) is 1. The molecule has 0 rings (SSSR count). The number of alkyl halides is 1. The van der Waals surface area contributed by atoms with Crippen molar-refractivity contribution >= 4 is 11.6 Å². The van der Waals surface area contributed by atoms with E-state index in [4.69, 9.17) is 25.8 Å². The van der Waals surface area contributed by atoms with E-state index in [1.807, 2.05) is 0 Å². The van der Waals surface area contributed by atoms with Crippen LogP contribution in [0.2, 0.25) is 0 Å². The average Bonchev–Trinajstić information content (AvgIpc) is 2.43. The molecule has 0 aromatic heterocycles. The second kappa shape index (κ2) is 16.2. The summed E-state index contributed by atoms with van der Waals surface area (Å²) in [6.45, 7) is 11.4. The summed E-state index contributed by atoms with van der Waals surface area (Å²) in [5.41, 5.74) is 0. The molecule has 0 radical (unpaired) electrons. The molecule has 0 spiro atoms. The van der Waals surface area contributed by atoms with E-state index < -0.39 is 0 Å². The lowest BCUT2D eigenvalue weighted by Gasteiger charge is -2.18. The molecule has 0 bridgehead atoms. The van der Waals surface area contributed by atoms with Crippen molar-refractivity contribution in [3.8, 4) is 0 Å². The quantitative estimate of drug-likeness (QED) is 0.343. The normalized spacial score (nSPS) is 11.4. The Labute approximate surface area is 123 Å². The van der Waals surface area contributed by atoms with Crippen molar-refractivity contribution in [3.05, 3.63) is 0 Å². The highest BCUT2D eigenvalue weighted by Crippen LogP contribution is 1.90. The van der Waals surface area contributed by atoms with Crippen LogP contribution in [0.15, 0.2) is 0 Å². The van der Waals surface area contributed by atoms with Crippen molar-refractivity contribution in [2.75, 3.05) is 65.2 Å². The van der Waals surface area contributed by atoms with Crippen LogP contribution in [0.4, 0.5) is 0 Å². The molecule has 0 unspecified atom stereocenters. The Morgan fingerprint density at radius 2 is 1.37 bits per heavy atom. The summed E-state index contributed by atoms with van der Waals surface area (Å²) in [5.74, 6) is 0.676. The minimum absolute atomic E-state index is 0.638. The molecule has 0 heterocycles. The average molecular weight is 296 g/mol. The van der Waals surface area contributed by atoms with Gasteiger partial charge >= 0.3 is 0 Å². The first-order valence-corrected chi connectivity index (χ1v) is 7.90. The standard InChI is InChI=1S/C14H30ClNO3/c1-3-5-9-17-11-13-19-14-12-18-10-8-16(4-2)7-6-15/h3-14H2,1-2H3. The smallest absolute Gasteiger partial charge is 0.0701 e. The predicted molar refractivity (Wildman–Crippen MR) is 80.2 cm³/mol. The molecular weight excluding hydrogens is 266 g/mol. The van der Waals surface area contributed by atoms with Crippen molar-refractivity contribution in [3.63, 3.8) is 0 Å². The van der Waals surface area contributed by atoms with E-state index in [1.54, 1.807) is 0 Å². The highest BCUT2D eigenvalue weighted by atomic mass is 35.5. The van der Waals surface area contributed by atoms with E-state index in [9.17, 15) is 0 Å². The molecule has 5 heteroatoms. The topological polar surface area (TPSA) is 30.9 Å². The number of hydrogen-bond donors (Lipinski definition) is 0. The van der Waals surface area contributed by atoms with Crippen LogP contribution < -0.4 is 0 Å². The first-order chi connectivity index (χ1) is 9.35. The lowest BCUT2D eigenvalue weighted by atomic mass is 10.4. The maximum atomic E-state index is 5.70. The minimum Gasteiger partial charge on any atom is -0.379 e. The molecule has 0 N–H and O–H groups in total. The fourth-order valence-electron chi connectivity index (χ4n) is 1.53. The van der Waals surface area contributed by atoms with Gasteiger partial charge in [-0.15, -0.1) is 11.6 Å². The fourth-order valence-corrected chi connectivity index (χ4v) is 1.77. The van der Waals surface area contributed by atoms with Crippen molar-refractivity contribution < 1.29 is 14.2 Å². The molecule has 19 heavy (non-hydrogen) atoms. The van der Waals surface area contributed by atoms with E-state index in [-0.39, 0.29) is 0 Å². The number of hydrogen-bond acceptors (Lipinski definition) is 4. The van der Waals surface area contributed by atoms with Gasteiger partial charge in [0, 0.05) is 25.6 Å². The van der Waals surface area contributed by atoms with Crippen LogP contribution in [-0.4, -0.2) is 70.1 Å². The lowest BCUT2D eigenvalue weighted by molar-refractivity contribution is 0.0106. The molecule has 0 saturated heterocycles. The summed E-state index contributed by atoms with van der Waals surface area (Å²) < 4.78 is 16.3. The molecule has 0 fully saturated rings. The summed E-state index contributed by atoms with van der Waals surface area (Å²) in [4.78, 5) is 2.27. The Hall–Kier alpha value is 0.130.